The normalized spacial score (nSPS) is 9.83. The maximum absolute atomic E-state index is 11.9. The van der Waals surface area contributed by atoms with Crippen molar-refractivity contribution in [1.82, 2.24) is 0 Å². The van der Waals surface area contributed by atoms with Crippen LogP contribution in [0.4, 0.5) is 11.4 Å². The second-order valence-electron chi connectivity index (χ2n) is 4.78. The quantitative estimate of drug-likeness (QED) is 0.859. The summed E-state index contributed by atoms with van der Waals surface area (Å²) in [5.74, 6) is 0.736. The Kier molecular flexibility index (Phi) is 5.57. The van der Waals surface area contributed by atoms with Crippen LogP contribution in [0.15, 0.2) is 48.5 Å². The highest BCUT2D eigenvalue weighted by molar-refractivity contribution is 5.94. The number of ether oxygens (including phenoxy) is 2. The highest BCUT2D eigenvalue weighted by Crippen LogP contribution is 2.19. The van der Waals surface area contributed by atoms with Gasteiger partial charge in [-0.1, -0.05) is 12.1 Å². The largest absolute Gasteiger partial charge is 0.497 e. The molecule has 0 saturated carbocycles. The summed E-state index contributed by atoms with van der Waals surface area (Å²) in [6.07, 6.45) is 0. The van der Waals surface area contributed by atoms with Gasteiger partial charge >= 0.3 is 0 Å². The van der Waals surface area contributed by atoms with Crippen molar-refractivity contribution >= 4 is 23.2 Å². The molecule has 2 aromatic rings. The van der Waals surface area contributed by atoms with Crippen LogP contribution in [0.2, 0.25) is 0 Å². The van der Waals surface area contributed by atoms with E-state index in [4.69, 9.17) is 9.47 Å². The average molecular weight is 314 g/mol. The molecule has 0 aliphatic carbocycles. The molecule has 0 fully saturated rings. The first kappa shape index (κ1) is 16.4. The fourth-order valence-electron chi connectivity index (χ4n) is 1.91. The maximum Gasteiger partial charge on any atom is 0.262 e. The van der Waals surface area contributed by atoms with Crippen molar-refractivity contribution in [1.29, 1.82) is 0 Å². The molecule has 0 aliphatic heterocycles. The minimum absolute atomic E-state index is 0.127. The number of anilines is 2. The van der Waals surface area contributed by atoms with Crippen LogP contribution in [0.3, 0.4) is 0 Å². The van der Waals surface area contributed by atoms with Gasteiger partial charge in [-0.25, -0.2) is 0 Å². The lowest BCUT2D eigenvalue weighted by molar-refractivity contribution is -0.118. The molecule has 0 saturated heterocycles. The van der Waals surface area contributed by atoms with E-state index in [0.29, 0.717) is 22.9 Å². The van der Waals surface area contributed by atoms with Crippen molar-refractivity contribution in [2.45, 2.75) is 6.92 Å². The Morgan fingerprint density at radius 1 is 0.957 bits per heavy atom. The van der Waals surface area contributed by atoms with Gasteiger partial charge < -0.3 is 20.1 Å². The third kappa shape index (κ3) is 5.35. The summed E-state index contributed by atoms with van der Waals surface area (Å²) >= 11 is 0. The predicted molar refractivity (Wildman–Crippen MR) is 87.9 cm³/mol. The summed E-state index contributed by atoms with van der Waals surface area (Å²) in [5.41, 5.74) is 1.19. The zero-order valence-corrected chi connectivity index (χ0v) is 13.0. The highest BCUT2D eigenvalue weighted by Gasteiger charge is 2.05. The molecule has 2 amide bonds. The topological polar surface area (TPSA) is 76.7 Å². The third-order valence-corrected chi connectivity index (χ3v) is 2.88. The molecule has 0 unspecified atom stereocenters. The van der Waals surface area contributed by atoms with E-state index in [1.807, 2.05) is 0 Å². The van der Waals surface area contributed by atoms with Crippen LogP contribution in [-0.2, 0) is 9.59 Å². The Morgan fingerprint density at radius 3 is 2.30 bits per heavy atom. The lowest BCUT2D eigenvalue weighted by Crippen LogP contribution is -2.20. The van der Waals surface area contributed by atoms with Crippen molar-refractivity contribution < 1.29 is 19.1 Å². The lowest BCUT2D eigenvalue weighted by atomic mass is 10.2. The number of hydrogen-bond acceptors (Lipinski definition) is 4. The van der Waals surface area contributed by atoms with Gasteiger partial charge in [0.1, 0.15) is 11.5 Å². The monoisotopic (exact) mass is 314 g/mol. The summed E-state index contributed by atoms with van der Waals surface area (Å²) in [6.45, 7) is 1.30. The van der Waals surface area contributed by atoms with E-state index in [9.17, 15) is 9.59 Å². The molecule has 0 bridgehead atoms. The number of amides is 2. The molecule has 2 rings (SSSR count). The van der Waals surface area contributed by atoms with Gasteiger partial charge in [0, 0.05) is 24.4 Å². The summed E-state index contributed by atoms with van der Waals surface area (Å²) in [4.78, 5) is 22.9. The van der Waals surface area contributed by atoms with Crippen molar-refractivity contribution in [2.75, 3.05) is 24.4 Å². The number of rotatable bonds is 6. The minimum Gasteiger partial charge on any atom is -0.497 e. The van der Waals surface area contributed by atoms with Crippen LogP contribution >= 0.6 is 0 Å². The summed E-state index contributed by atoms with van der Waals surface area (Å²) in [7, 11) is 1.56. The van der Waals surface area contributed by atoms with Crippen LogP contribution in [0.5, 0.6) is 11.5 Å². The second-order valence-corrected chi connectivity index (χ2v) is 4.78. The smallest absolute Gasteiger partial charge is 0.262 e. The van der Waals surface area contributed by atoms with Crippen molar-refractivity contribution in [2.24, 2.45) is 0 Å². The Labute approximate surface area is 134 Å². The molecule has 6 heteroatoms. The van der Waals surface area contributed by atoms with E-state index in [-0.39, 0.29) is 18.4 Å². The summed E-state index contributed by atoms with van der Waals surface area (Å²) in [6, 6.07) is 13.9. The molecule has 6 nitrogen and oxygen atoms in total. The molecule has 0 atom stereocenters. The van der Waals surface area contributed by atoms with Gasteiger partial charge in [-0.05, 0) is 30.3 Å². The average Bonchev–Trinajstić information content (AvgIpc) is 2.53. The first-order valence-electron chi connectivity index (χ1n) is 7.01. The zero-order chi connectivity index (χ0) is 16.7. The van der Waals surface area contributed by atoms with Gasteiger partial charge in [0.25, 0.3) is 5.91 Å². The molecule has 0 aliphatic rings. The molecule has 2 N–H and O–H groups in total. The van der Waals surface area contributed by atoms with Gasteiger partial charge in [0.05, 0.1) is 7.11 Å². The molecule has 0 aromatic heterocycles. The number of methoxy groups -OCH3 is 1. The highest BCUT2D eigenvalue weighted by atomic mass is 16.5. The number of benzene rings is 2. The van der Waals surface area contributed by atoms with Gasteiger partial charge in [-0.15, -0.1) is 0 Å². The Bertz CT molecular complexity index is 700. The second kappa shape index (κ2) is 7.84. The van der Waals surface area contributed by atoms with Crippen molar-refractivity contribution in [3.05, 3.63) is 48.5 Å². The lowest BCUT2D eigenvalue weighted by Gasteiger charge is -2.09. The number of nitrogens with one attached hydrogen (secondary N) is 2. The van der Waals surface area contributed by atoms with Gasteiger partial charge in [0.2, 0.25) is 5.91 Å². The van der Waals surface area contributed by atoms with Gasteiger partial charge in [-0.2, -0.15) is 0 Å². The first-order valence-corrected chi connectivity index (χ1v) is 7.01. The van der Waals surface area contributed by atoms with E-state index < -0.39 is 0 Å². The Morgan fingerprint density at radius 2 is 1.61 bits per heavy atom. The first-order chi connectivity index (χ1) is 11.1. The molecular formula is C17H18N2O4. The maximum atomic E-state index is 11.9. The van der Waals surface area contributed by atoms with Gasteiger partial charge in [-0.3, -0.25) is 9.59 Å². The summed E-state index contributed by atoms with van der Waals surface area (Å²) in [5, 5.41) is 5.36. The fourth-order valence-corrected chi connectivity index (χ4v) is 1.91. The minimum atomic E-state index is -0.298. The van der Waals surface area contributed by atoms with Gasteiger partial charge in [0.15, 0.2) is 6.61 Å². The van der Waals surface area contributed by atoms with E-state index in [2.05, 4.69) is 10.6 Å². The predicted octanol–water partition coefficient (Wildman–Crippen LogP) is 2.67. The van der Waals surface area contributed by atoms with Crippen LogP contribution < -0.4 is 20.1 Å². The number of carbonyl (C=O) groups excluding carboxylic acids is 2. The van der Waals surface area contributed by atoms with E-state index >= 15 is 0 Å². The number of carbonyl (C=O) groups is 2. The van der Waals surface area contributed by atoms with Crippen LogP contribution in [0.1, 0.15) is 6.92 Å². The molecule has 2 aromatic carbocycles. The molecule has 120 valence electrons. The summed E-state index contributed by atoms with van der Waals surface area (Å²) < 4.78 is 10.5. The Balaban J connectivity index is 1.90. The molecule has 23 heavy (non-hydrogen) atoms. The van der Waals surface area contributed by atoms with Crippen LogP contribution in [-0.4, -0.2) is 25.5 Å². The fraction of sp³-hybridized carbons (Fsp3) is 0.176. The number of hydrogen-bond donors (Lipinski definition) is 2. The zero-order valence-electron chi connectivity index (χ0n) is 13.0. The molecular weight excluding hydrogens is 296 g/mol. The third-order valence-electron chi connectivity index (χ3n) is 2.88. The van der Waals surface area contributed by atoms with E-state index in [0.717, 1.165) is 0 Å². The SMILES string of the molecule is COc1cccc(OCC(=O)Nc2cccc(NC(C)=O)c2)c1. The van der Waals surface area contributed by atoms with E-state index in [1.165, 1.54) is 6.92 Å². The van der Waals surface area contributed by atoms with Crippen molar-refractivity contribution in [3.8, 4) is 11.5 Å². The molecule has 0 spiro atoms. The molecule has 0 heterocycles. The van der Waals surface area contributed by atoms with Crippen LogP contribution in [0, 0.1) is 0 Å². The standard InChI is InChI=1S/C17H18N2O4/c1-12(20)18-13-5-3-6-14(9-13)19-17(21)11-23-16-8-4-7-15(10-16)22-2/h3-10H,11H2,1-2H3,(H,18,20)(H,19,21). The van der Waals surface area contributed by atoms with E-state index in [1.54, 1.807) is 55.6 Å². The van der Waals surface area contributed by atoms with Crippen molar-refractivity contribution in [3.63, 3.8) is 0 Å². The molecule has 0 radical (unpaired) electrons. The Hall–Kier alpha value is -3.02. The van der Waals surface area contributed by atoms with Crippen LogP contribution in [0.25, 0.3) is 0 Å².